The minimum absolute atomic E-state index is 0.389. The number of hydrogen-bond acceptors (Lipinski definition) is 3. The third kappa shape index (κ3) is 3.80. The summed E-state index contributed by atoms with van der Waals surface area (Å²) < 4.78 is 0. The molecule has 0 aliphatic rings. The highest BCUT2D eigenvalue weighted by Gasteiger charge is 2.15. The summed E-state index contributed by atoms with van der Waals surface area (Å²) in [5.74, 6) is -1.24. The number of nitrogens with zero attached hydrogens (tertiary/aromatic N) is 2. The van der Waals surface area contributed by atoms with Gasteiger partial charge < -0.3 is 5.73 Å². The number of primary amides is 1. The van der Waals surface area contributed by atoms with E-state index in [0.717, 1.165) is 21.2 Å². The molecule has 0 unspecified atom stereocenters. The first-order valence-corrected chi connectivity index (χ1v) is 6.40. The molecule has 0 fully saturated rings. The Bertz CT molecular complexity index is 719. The second-order valence-corrected chi connectivity index (χ2v) is 4.58. The summed E-state index contributed by atoms with van der Waals surface area (Å²) in [6.45, 7) is -0.399. The van der Waals surface area contributed by atoms with Gasteiger partial charge in [-0.25, -0.2) is 4.90 Å². The average Bonchev–Trinajstić information content (AvgIpc) is 2.49. The van der Waals surface area contributed by atoms with Crippen molar-refractivity contribution in [2.24, 2.45) is 5.73 Å². The van der Waals surface area contributed by atoms with Gasteiger partial charge in [0.25, 0.3) is 0 Å². The van der Waals surface area contributed by atoms with Gasteiger partial charge in [-0.1, -0.05) is 42.5 Å². The lowest BCUT2D eigenvalue weighted by Gasteiger charge is -2.11. The van der Waals surface area contributed by atoms with Gasteiger partial charge >= 0.3 is 0 Å². The summed E-state index contributed by atoms with van der Waals surface area (Å²) in [4.78, 5) is 23.3. The fraction of sp³-hybridized carbons (Fsp3) is 0.125. The molecule has 5 nitrogen and oxygen atoms in total. The summed E-state index contributed by atoms with van der Waals surface area (Å²) in [5, 5.41) is 11.0. The lowest BCUT2D eigenvalue weighted by atomic mass is 10.0. The third-order valence-electron chi connectivity index (χ3n) is 3.03. The highest BCUT2D eigenvalue weighted by atomic mass is 16.2. The number of carbonyl (C=O) groups excluding carboxylic acids is 2. The number of benzene rings is 2. The Morgan fingerprint density at radius 3 is 2.57 bits per heavy atom. The average molecular weight is 280 g/mol. The number of nitriles is 1. The number of amides is 2. The lowest BCUT2D eigenvalue weighted by Crippen LogP contribution is -2.35. The maximum absolute atomic E-state index is 11.8. The van der Waals surface area contributed by atoms with Crippen molar-refractivity contribution in [3.63, 3.8) is 0 Å². The largest absolute Gasteiger partial charge is 0.368 e. The standard InChI is InChI=1S/C16H14N3O2/c17-11-19(10-15(18)20)16(21)8-6-12-5-7-13-3-1-2-4-14(13)9-12/h1-5,7-9H,6,10H2,(H2,18,20). The van der Waals surface area contributed by atoms with E-state index >= 15 is 0 Å². The van der Waals surface area contributed by atoms with Gasteiger partial charge in [-0.15, -0.1) is 0 Å². The molecule has 2 rings (SSSR count). The number of hydrogen-bond donors (Lipinski definition) is 1. The van der Waals surface area contributed by atoms with Crippen LogP contribution in [0, 0.1) is 17.9 Å². The molecule has 0 saturated heterocycles. The topological polar surface area (TPSA) is 87.2 Å². The van der Waals surface area contributed by atoms with Crippen molar-refractivity contribution in [2.75, 3.05) is 6.54 Å². The van der Waals surface area contributed by atoms with E-state index in [1.165, 1.54) is 6.42 Å². The van der Waals surface area contributed by atoms with Crippen molar-refractivity contribution in [3.8, 4) is 6.19 Å². The first kappa shape index (κ1) is 14.5. The first-order chi connectivity index (χ1) is 10.1. The van der Waals surface area contributed by atoms with Crippen LogP contribution in [0.1, 0.15) is 5.56 Å². The highest BCUT2D eigenvalue weighted by molar-refractivity contribution is 5.90. The Hall–Kier alpha value is -2.87. The molecular weight excluding hydrogens is 266 g/mol. The maximum Gasteiger partial charge on any atom is 0.240 e. The first-order valence-electron chi connectivity index (χ1n) is 6.40. The zero-order valence-electron chi connectivity index (χ0n) is 11.3. The van der Waals surface area contributed by atoms with Gasteiger partial charge in [-0.2, -0.15) is 5.26 Å². The zero-order valence-corrected chi connectivity index (χ0v) is 11.3. The van der Waals surface area contributed by atoms with Crippen molar-refractivity contribution < 1.29 is 9.59 Å². The summed E-state index contributed by atoms with van der Waals surface area (Å²) >= 11 is 0. The molecule has 105 valence electrons. The van der Waals surface area contributed by atoms with Crippen LogP contribution in [0.5, 0.6) is 0 Å². The molecule has 0 aliphatic carbocycles. The molecule has 0 spiro atoms. The Labute approximate surface area is 122 Å². The van der Waals surface area contributed by atoms with Crippen LogP contribution in [0.2, 0.25) is 0 Å². The number of rotatable bonds is 5. The molecule has 1 radical (unpaired) electrons. The second kappa shape index (κ2) is 6.53. The van der Waals surface area contributed by atoms with Crippen molar-refractivity contribution in [3.05, 3.63) is 54.4 Å². The molecule has 0 heterocycles. The number of carbonyl (C=O) groups is 2. The molecule has 2 aromatic rings. The van der Waals surface area contributed by atoms with Crippen LogP contribution < -0.4 is 5.73 Å². The lowest BCUT2D eigenvalue weighted by molar-refractivity contribution is -0.129. The zero-order chi connectivity index (χ0) is 15.2. The minimum atomic E-state index is -0.719. The van der Waals surface area contributed by atoms with Gasteiger partial charge in [0.15, 0.2) is 6.19 Å². The van der Waals surface area contributed by atoms with E-state index in [0.29, 0.717) is 6.42 Å². The van der Waals surface area contributed by atoms with Crippen LogP contribution in [0.4, 0.5) is 0 Å². The van der Waals surface area contributed by atoms with Gasteiger partial charge in [0.2, 0.25) is 11.8 Å². The van der Waals surface area contributed by atoms with Crippen LogP contribution in [-0.4, -0.2) is 23.3 Å². The number of fused-ring (bicyclic) bond motifs is 1. The smallest absolute Gasteiger partial charge is 0.240 e. The second-order valence-electron chi connectivity index (χ2n) is 4.58. The minimum Gasteiger partial charge on any atom is -0.368 e. The van der Waals surface area contributed by atoms with Crippen LogP contribution in [0.3, 0.4) is 0 Å². The van der Waals surface area contributed by atoms with Gasteiger partial charge in [0, 0.05) is 0 Å². The quantitative estimate of drug-likeness (QED) is 0.663. The molecule has 2 aromatic carbocycles. The Kier molecular flexibility index (Phi) is 4.52. The normalized spacial score (nSPS) is 10.0. The van der Waals surface area contributed by atoms with Gasteiger partial charge in [-0.3, -0.25) is 9.59 Å². The van der Waals surface area contributed by atoms with Gasteiger partial charge in [0.05, 0.1) is 6.42 Å². The molecule has 0 aromatic heterocycles. The van der Waals surface area contributed by atoms with E-state index in [1.807, 2.05) is 42.5 Å². The van der Waals surface area contributed by atoms with Crippen molar-refractivity contribution >= 4 is 22.6 Å². The van der Waals surface area contributed by atoms with Gasteiger partial charge in [0.1, 0.15) is 6.54 Å². The highest BCUT2D eigenvalue weighted by Crippen LogP contribution is 2.16. The molecule has 0 aliphatic heterocycles. The van der Waals surface area contributed by atoms with E-state index in [9.17, 15) is 9.59 Å². The summed E-state index contributed by atoms with van der Waals surface area (Å²) in [6, 6.07) is 13.8. The molecule has 21 heavy (non-hydrogen) atoms. The molecule has 0 bridgehead atoms. The summed E-state index contributed by atoms with van der Waals surface area (Å²) in [7, 11) is 0. The SMILES string of the molecule is N#CN(CC(N)=O)C(=O)[CH]Cc1ccc2ccccc2c1. The van der Waals surface area contributed by atoms with E-state index < -0.39 is 18.4 Å². The predicted octanol–water partition coefficient (Wildman–Crippen LogP) is 1.38. The summed E-state index contributed by atoms with van der Waals surface area (Å²) in [5.41, 5.74) is 5.94. The molecule has 0 atom stereocenters. The Balaban J connectivity index is 2.02. The van der Waals surface area contributed by atoms with Crippen molar-refractivity contribution in [2.45, 2.75) is 6.42 Å². The van der Waals surface area contributed by atoms with E-state index in [-0.39, 0.29) is 0 Å². The molecule has 2 amide bonds. The Morgan fingerprint density at radius 1 is 1.19 bits per heavy atom. The fourth-order valence-corrected chi connectivity index (χ4v) is 2.00. The monoisotopic (exact) mass is 280 g/mol. The number of nitrogens with two attached hydrogens (primary N) is 1. The van der Waals surface area contributed by atoms with E-state index in [1.54, 1.807) is 6.19 Å². The van der Waals surface area contributed by atoms with Crippen LogP contribution in [-0.2, 0) is 16.0 Å². The fourth-order valence-electron chi connectivity index (χ4n) is 2.00. The van der Waals surface area contributed by atoms with Crippen LogP contribution in [0.25, 0.3) is 10.8 Å². The predicted molar refractivity (Wildman–Crippen MR) is 78.5 cm³/mol. The van der Waals surface area contributed by atoms with E-state index in [4.69, 9.17) is 11.0 Å². The third-order valence-corrected chi connectivity index (χ3v) is 3.03. The molecule has 2 N–H and O–H groups in total. The molecule has 5 heteroatoms. The maximum atomic E-state index is 11.8. The van der Waals surface area contributed by atoms with Crippen molar-refractivity contribution in [1.82, 2.24) is 4.90 Å². The summed E-state index contributed by atoms with van der Waals surface area (Å²) in [6.07, 6.45) is 3.41. The van der Waals surface area contributed by atoms with E-state index in [2.05, 4.69) is 0 Å². The molecular formula is C16H14N3O2. The van der Waals surface area contributed by atoms with Gasteiger partial charge in [-0.05, 0) is 22.8 Å². The van der Waals surface area contributed by atoms with Crippen molar-refractivity contribution in [1.29, 1.82) is 5.26 Å². The molecule has 0 saturated carbocycles. The Morgan fingerprint density at radius 2 is 1.90 bits per heavy atom. The van der Waals surface area contributed by atoms with Crippen LogP contribution in [0.15, 0.2) is 42.5 Å². The van der Waals surface area contributed by atoms with Crippen LogP contribution >= 0.6 is 0 Å².